The number of anilines is 2. The molecule has 1 saturated heterocycles. The van der Waals surface area contributed by atoms with Crippen LogP contribution in [0.1, 0.15) is 33.6 Å². The molecule has 0 aliphatic carbocycles. The van der Waals surface area contributed by atoms with Crippen LogP contribution in [0, 0.1) is 11.6 Å². The fourth-order valence-electron chi connectivity index (χ4n) is 5.02. The minimum Gasteiger partial charge on any atom is -0.494 e. The molecular weight excluding hydrogens is 580 g/mol. The summed E-state index contributed by atoms with van der Waals surface area (Å²) in [7, 11) is 4.37. The second-order valence-corrected chi connectivity index (χ2v) is 10.3. The van der Waals surface area contributed by atoms with Crippen LogP contribution in [0.4, 0.5) is 25.3 Å². The SMILES string of the molecule is COc1cc(OC)c(F)c(COc2cnc(NC(=O)N3CCCc4cc(CN5CCN(C)CC5=O)c(C=O)nc43)nc2)c1F. The molecule has 3 aromatic rings. The zero-order chi connectivity index (χ0) is 31.4. The minimum absolute atomic E-state index is 0.0226. The van der Waals surface area contributed by atoms with Crippen molar-refractivity contribution in [3.05, 3.63) is 58.5 Å². The van der Waals surface area contributed by atoms with Crippen molar-refractivity contribution in [3.8, 4) is 17.2 Å². The van der Waals surface area contributed by atoms with Crippen molar-refractivity contribution in [3.63, 3.8) is 0 Å². The molecule has 232 valence electrons. The highest BCUT2D eigenvalue weighted by Gasteiger charge is 2.28. The Hall–Kier alpha value is -4.92. The van der Waals surface area contributed by atoms with Crippen molar-refractivity contribution in [1.29, 1.82) is 0 Å². The molecule has 15 heteroatoms. The minimum atomic E-state index is -0.927. The number of aromatic nitrogens is 3. The number of hydrogen-bond acceptors (Lipinski definition) is 10. The highest BCUT2D eigenvalue weighted by atomic mass is 19.1. The van der Waals surface area contributed by atoms with Crippen LogP contribution >= 0.6 is 0 Å². The number of urea groups is 1. The molecule has 1 aromatic carbocycles. The number of carbonyl (C=O) groups is 3. The van der Waals surface area contributed by atoms with Crippen molar-refractivity contribution in [1.82, 2.24) is 24.8 Å². The highest BCUT2D eigenvalue weighted by molar-refractivity contribution is 6.01. The van der Waals surface area contributed by atoms with Crippen LogP contribution in [0.25, 0.3) is 0 Å². The van der Waals surface area contributed by atoms with Gasteiger partial charge in [-0.15, -0.1) is 0 Å². The van der Waals surface area contributed by atoms with Crippen molar-refractivity contribution in [2.24, 2.45) is 0 Å². The Morgan fingerprint density at radius 3 is 2.41 bits per heavy atom. The number of aryl methyl sites for hydroxylation is 1. The van der Waals surface area contributed by atoms with E-state index in [2.05, 4.69) is 20.3 Å². The number of rotatable bonds is 9. The summed E-state index contributed by atoms with van der Waals surface area (Å²) in [5.41, 5.74) is 1.18. The molecule has 0 saturated carbocycles. The van der Waals surface area contributed by atoms with Gasteiger partial charge in [-0.2, -0.15) is 0 Å². The Labute approximate surface area is 251 Å². The van der Waals surface area contributed by atoms with Crippen molar-refractivity contribution < 1.29 is 37.4 Å². The maximum absolute atomic E-state index is 14.6. The van der Waals surface area contributed by atoms with E-state index in [0.29, 0.717) is 50.1 Å². The molecule has 13 nitrogen and oxygen atoms in total. The Morgan fingerprint density at radius 1 is 1.07 bits per heavy atom. The number of carbonyl (C=O) groups excluding carboxylic acids is 3. The van der Waals surface area contributed by atoms with E-state index in [1.165, 1.54) is 31.5 Å². The monoisotopic (exact) mass is 611 g/mol. The van der Waals surface area contributed by atoms with Gasteiger partial charge in [0.1, 0.15) is 18.1 Å². The molecule has 2 aromatic heterocycles. The molecule has 5 rings (SSSR count). The number of pyridine rings is 1. The van der Waals surface area contributed by atoms with Crippen LogP contribution in [-0.4, -0.2) is 90.4 Å². The summed E-state index contributed by atoms with van der Waals surface area (Å²) < 4.78 is 44.6. The van der Waals surface area contributed by atoms with Gasteiger partial charge in [0, 0.05) is 37.8 Å². The van der Waals surface area contributed by atoms with E-state index in [0.717, 1.165) is 18.2 Å². The largest absolute Gasteiger partial charge is 0.494 e. The van der Waals surface area contributed by atoms with Crippen LogP contribution < -0.4 is 24.4 Å². The predicted molar refractivity (Wildman–Crippen MR) is 153 cm³/mol. The van der Waals surface area contributed by atoms with Crippen LogP contribution in [0.5, 0.6) is 17.2 Å². The predicted octanol–water partition coefficient (Wildman–Crippen LogP) is 2.82. The number of nitrogens with zero attached hydrogens (tertiary/aromatic N) is 6. The van der Waals surface area contributed by atoms with Gasteiger partial charge in [0.2, 0.25) is 11.9 Å². The average molecular weight is 612 g/mol. The number of amides is 3. The number of aldehydes is 1. The molecule has 1 N–H and O–H groups in total. The number of hydrogen-bond donors (Lipinski definition) is 1. The third-order valence-electron chi connectivity index (χ3n) is 7.40. The molecule has 2 aliphatic heterocycles. The van der Waals surface area contributed by atoms with E-state index in [-0.39, 0.29) is 41.3 Å². The van der Waals surface area contributed by atoms with Crippen molar-refractivity contribution >= 4 is 30.0 Å². The quantitative estimate of drug-likeness (QED) is 0.360. The number of halogens is 2. The van der Waals surface area contributed by atoms with Crippen LogP contribution in [0.15, 0.2) is 24.5 Å². The first-order chi connectivity index (χ1) is 21.2. The molecule has 0 unspecified atom stereocenters. The first-order valence-corrected chi connectivity index (χ1v) is 13.8. The Kier molecular flexibility index (Phi) is 9.13. The van der Waals surface area contributed by atoms with Gasteiger partial charge < -0.3 is 19.1 Å². The van der Waals surface area contributed by atoms with Gasteiger partial charge in [0.15, 0.2) is 35.2 Å². The first-order valence-electron chi connectivity index (χ1n) is 13.8. The number of benzene rings is 1. The van der Waals surface area contributed by atoms with Gasteiger partial charge in [-0.1, -0.05) is 0 Å². The summed E-state index contributed by atoms with van der Waals surface area (Å²) in [6, 6.07) is 2.38. The average Bonchev–Trinajstić information content (AvgIpc) is 3.02. The number of fused-ring (bicyclic) bond motifs is 1. The molecule has 4 heterocycles. The maximum atomic E-state index is 14.6. The standard InChI is InChI=1S/C29H31F2N7O6/c1-36-7-8-37(24(40)14-36)13-18-9-17-5-4-6-38(27(17)34-21(18)15-39)29(41)35-28-32-11-19(12-33-28)44-16-20-25(30)22(42-2)10-23(43-3)26(20)31/h9-12,15H,4-8,13-14,16H2,1-3H3,(H,32,33,35,41). The van der Waals surface area contributed by atoms with Crippen molar-refractivity contribution in [2.75, 3.05) is 57.7 Å². The lowest BCUT2D eigenvalue weighted by molar-refractivity contribution is -0.136. The molecule has 1 fully saturated rings. The van der Waals surface area contributed by atoms with Gasteiger partial charge in [-0.05, 0) is 31.5 Å². The lowest BCUT2D eigenvalue weighted by Crippen LogP contribution is -2.48. The lowest BCUT2D eigenvalue weighted by atomic mass is 10.0. The third kappa shape index (κ3) is 6.37. The van der Waals surface area contributed by atoms with E-state index in [1.807, 2.05) is 18.0 Å². The van der Waals surface area contributed by atoms with E-state index in [1.54, 1.807) is 4.90 Å². The zero-order valence-electron chi connectivity index (χ0n) is 24.4. The molecular formula is C29H31F2N7O6. The summed E-state index contributed by atoms with van der Waals surface area (Å²) in [6.45, 7) is 1.71. The Morgan fingerprint density at radius 2 is 1.77 bits per heavy atom. The number of likely N-dealkylation sites (N-methyl/N-ethyl adjacent to an activating group) is 1. The maximum Gasteiger partial charge on any atom is 0.329 e. The van der Waals surface area contributed by atoms with E-state index in [9.17, 15) is 23.2 Å². The molecule has 2 aliphatic rings. The number of methoxy groups -OCH3 is 2. The smallest absolute Gasteiger partial charge is 0.329 e. The summed E-state index contributed by atoms with van der Waals surface area (Å²) in [5, 5.41) is 2.60. The third-order valence-corrected chi connectivity index (χ3v) is 7.40. The second kappa shape index (κ2) is 13.2. The summed E-state index contributed by atoms with van der Waals surface area (Å²) in [5.74, 6) is -1.88. The number of piperazine rings is 1. The Bertz CT molecular complexity index is 1540. The normalized spacial score (nSPS) is 15.1. The van der Waals surface area contributed by atoms with Crippen LogP contribution in [0.3, 0.4) is 0 Å². The fourth-order valence-corrected chi connectivity index (χ4v) is 5.02. The topological polar surface area (TPSA) is 139 Å². The van der Waals surface area contributed by atoms with Gasteiger partial charge >= 0.3 is 6.03 Å². The van der Waals surface area contributed by atoms with E-state index < -0.39 is 29.8 Å². The highest BCUT2D eigenvalue weighted by Crippen LogP contribution is 2.32. The van der Waals surface area contributed by atoms with Crippen molar-refractivity contribution in [2.45, 2.75) is 26.0 Å². The van der Waals surface area contributed by atoms with E-state index >= 15 is 0 Å². The molecule has 3 amide bonds. The van der Waals surface area contributed by atoms with Gasteiger partial charge in [-0.25, -0.2) is 28.5 Å². The van der Waals surface area contributed by atoms with Crippen LogP contribution in [0.2, 0.25) is 0 Å². The summed E-state index contributed by atoms with van der Waals surface area (Å²) in [4.78, 5) is 55.3. The number of nitrogens with one attached hydrogen (secondary N) is 1. The number of ether oxygens (including phenoxy) is 3. The Balaban J connectivity index is 1.26. The second-order valence-electron chi connectivity index (χ2n) is 10.3. The van der Waals surface area contributed by atoms with Gasteiger partial charge in [0.05, 0.1) is 38.7 Å². The summed E-state index contributed by atoms with van der Waals surface area (Å²) >= 11 is 0. The molecule has 0 atom stereocenters. The fraction of sp³-hybridized carbons (Fsp3) is 0.379. The zero-order valence-corrected chi connectivity index (χ0v) is 24.4. The molecule has 0 bridgehead atoms. The lowest BCUT2D eigenvalue weighted by Gasteiger charge is -2.33. The first kappa shape index (κ1) is 30.5. The van der Waals surface area contributed by atoms with Gasteiger partial charge in [0.25, 0.3) is 0 Å². The van der Waals surface area contributed by atoms with Gasteiger partial charge in [-0.3, -0.25) is 24.7 Å². The summed E-state index contributed by atoms with van der Waals surface area (Å²) in [6.07, 6.45) is 4.42. The molecule has 44 heavy (non-hydrogen) atoms. The van der Waals surface area contributed by atoms with E-state index in [4.69, 9.17) is 14.2 Å². The van der Waals surface area contributed by atoms with Crippen LogP contribution in [-0.2, 0) is 24.4 Å². The molecule has 0 spiro atoms. The molecule has 0 radical (unpaired) electrons.